The molecule has 6 heteroatoms. The molecule has 1 aliphatic carbocycles. The molecule has 0 unspecified atom stereocenters. The second kappa shape index (κ2) is 5.27. The molecule has 0 saturated heterocycles. The smallest absolute Gasteiger partial charge is 0.306 e. The molecule has 0 spiro atoms. The van der Waals surface area contributed by atoms with Crippen LogP contribution in [0.5, 0.6) is 0 Å². The van der Waals surface area contributed by atoms with Gasteiger partial charge in [0, 0.05) is 17.0 Å². The summed E-state index contributed by atoms with van der Waals surface area (Å²) in [5.41, 5.74) is 1.72. The predicted octanol–water partition coefficient (Wildman–Crippen LogP) is 1.26. The average Bonchev–Trinajstić information content (AvgIpc) is 2.96. The zero-order valence-corrected chi connectivity index (χ0v) is 10.1. The van der Waals surface area contributed by atoms with Gasteiger partial charge in [-0.25, -0.2) is 0 Å². The Morgan fingerprint density at radius 2 is 2.24 bits per heavy atom. The van der Waals surface area contributed by atoms with Gasteiger partial charge >= 0.3 is 5.97 Å². The van der Waals surface area contributed by atoms with Crippen molar-refractivity contribution >= 4 is 23.2 Å². The van der Waals surface area contributed by atoms with E-state index in [9.17, 15) is 9.59 Å². The number of carbonyl (C=O) groups excluding carboxylic acids is 1. The highest BCUT2D eigenvalue weighted by molar-refractivity contribution is 7.09. The van der Waals surface area contributed by atoms with E-state index in [2.05, 4.69) is 10.3 Å². The summed E-state index contributed by atoms with van der Waals surface area (Å²) in [4.78, 5) is 27.5. The summed E-state index contributed by atoms with van der Waals surface area (Å²) < 4.78 is 0. The molecule has 2 rings (SSSR count). The number of aliphatic carboxylic acids is 1. The summed E-state index contributed by atoms with van der Waals surface area (Å²) >= 11 is 1.49. The number of carboxylic acids is 1. The second-order valence-corrected chi connectivity index (χ2v) is 5.20. The molecular weight excluding hydrogens is 240 g/mol. The maximum absolute atomic E-state index is 11.8. The van der Waals surface area contributed by atoms with Crippen molar-refractivity contribution in [1.29, 1.82) is 0 Å². The van der Waals surface area contributed by atoms with Gasteiger partial charge in [-0.1, -0.05) is 0 Å². The largest absolute Gasteiger partial charge is 0.481 e. The van der Waals surface area contributed by atoms with Crippen LogP contribution in [0.3, 0.4) is 0 Å². The Bertz CT molecular complexity index is 405. The molecule has 1 aromatic heterocycles. The molecule has 5 nitrogen and oxygen atoms in total. The van der Waals surface area contributed by atoms with Gasteiger partial charge in [0.1, 0.15) is 0 Å². The van der Waals surface area contributed by atoms with E-state index in [-0.39, 0.29) is 17.7 Å². The number of carboxylic acid groups (broad SMARTS) is 1. The van der Waals surface area contributed by atoms with Crippen LogP contribution >= 0.6 is 11.3 Å². The van der Waals surface area contributed by atoms with E-state index in [0.29, 0.717) is 25.8 Å². The summed E-state index contributed by atoms with van der Waals surface area (Å²) in [6.07, 6.45) is 3.46. The molecule has 1 heterocycles. The average molecular weight is 254 g/mol. The molecule has 1 amide bonds. The normalized spacial score (nSPS) is 23.5. The van der Waals surface area contributed by atoms with Crippen LogP contribution in [0.15, 0.2) is 11.7 Å². The number of hydrogen-bond donors (Lipinski definition) is 2. The number of carbonyl (C=O) groups is 2. The van der Waals surface area contributed by atoms with E-state index in [1.54, 1.807) is 11.7 Å². The maximum atomic E-state index is 11.8. The number of nitrogens with zero attached hydrogens (tertiary/aromatic N) is 1. The minimum absolute atomic E-state index is 0.0397. The molecule has 1 saturated carbocycles. The van der Waals surface area contributed by atoms with Crippen LogP contribution < -0.4 is 5.32 Å². The van der Waals surface area contributed by atoms with Gasteiger partial charge in [-0.05, 0) is 19.3 Å². The van der Waals surface area contributed by atoms with E-state index >= 15 is 0 Å². The van der Waals surface area contributed by atoms with Crippen molar-refractivity contribution in [2.24, 2.45) is 11.8 Å². The van der Waals surface area contributed by atoms with Gasteiger partial charge in [0.25, 0.3) is 0 Å². The third-order valence-corrected chi connectivity index (χ3v) is 3.85. The van der Waals surface area contributed by atoms with Gasteiger partial charge in [0.05, 0.1) is 18.0 Å². The van der Waals surface area contributed by atoms with E-state index in [0.717, 1.165) is 4.88 Å². The lowest BCUT2D eigenvalue weighted by molar-refractivity contribution is -0.141. The van der Waals surface area contributed by atoms with Crippen LogP contribution in [0.25, 0.3) is 0 Å². The van der Waals surface area contributed by atoms with Gasteiger partial charge in [0.2, 0.25) is 5.91 Å². The van der Waals surface area contributed by atoms with Crippen molar-refractivity contribution in [2.75, 3.05) is 0 Å². The molecule has 2 N–H and O–H groups in total. The summed E-state index contributed by atoms with van der Waals surface area (Å²) in [5.74, 6) is -1.33. The lowest BCUT2D eigenvalue weighted by Gasteiger charge is -2.09. The van der Waals surface area contributed by atoms with Gasteiger partial charge in [-0.2, -0.15) is 0 Å². The number of aromatic nitrogens is 1. The van der Waals surface area contributed by atoms with E-state index in [1.165, 1.54) is 11.3 Å². The SMILES string of the molecule is O=C(O)[C@H]1CC[C@@H](C(=O)NCc2cncs2)C1. The zero-order valence-electron chi connectivity index (χ0n) is 9.26. The van der Waals surface area contributed by atoms with Crippen LogP contribution in [0.2, 0.25) is 0 Å². The van der Waals surface area contributed by atoms with Gasteiger partial charge in [-0.3, -0.25) is 14.6 Å². The molecule has 0 radical (unpaired) electrons. The van der Waals surface area contributed by atoms with Crippen molar-refractivity contribution in [3.05, 3.63) is 16.6 Å². The van der Waals surface area contributed by atoms with Crippen molar-refractivity contribution in [3.63, 3.8) is 0 Å². The quantitative estimate of drug-likeness (QED) is 0.847. The fraction of sp³-hybridized carbons (Fsp3) is 0.545. The van der Waals surface area contributed by atoms with E-state index in [4.69, 9.17) is 5.11 Å². The van der Waals surface area contributed by atoms with Crippen LogP contribution in [0.1, 0.15) is 24.1 Å². The van der Waals surface area contributed by atoms with E-state index in [1.807, 2.05) is 0 Å². The van der Waals surface area contributed by atoms with Gasteiger partial charge in [0.15, 0.2) is 0 Å². The molecule has 2 atom stereocenters. The first-order chi connectivity index (χ1) is 8.16. The minimum atomic E-state index is -0.789. The molecule has 0 bridgehead atoms. The highest BCUT2D eigenvalue weighted by Crippen LogP contribution is 2.31. The molecule has 0 aromatic carbocycles. The monoisotopic (exact) mass is 254 g/mol. The Labute approximate surface area is 103 Å². The van der Waals surface area contributed by atoms with Crippen molar-refractivity contribution in [3.8, 4) is 0 Å². The van der Waals surface area contributed by atoms with Gasteiger partial charge in [-0.15, -0.1) is 11.3 Å². The maximum Gasteiger partial charge on any atom is 0.306 e. The summed E-state index contributed by atoms with van der Waals surface area (Å²) in [6, 6.07) is 0. The fourth-order valence-electron chi connectivity index (χ4n) is 2.09. The van der Waals surface area contributed by atoms with Gasteiger partial charge < -0.3 is 10.4 Å². The molecule has 1 fully saturated rings. The lowest BCUT2D eigenvalue weighted by Crippen LogP contribution is -2.29. The molecule has 0 aliphatic heterocycles. The molecule has 1 aromatic rings. The summed E-state index contributed by atoms with van der Waals surface area (Å²) in [6.45, 7) is 0.484. The van der Waals surface area contributed by atoms with E-state index < -0.39 is 5.97 Å². The predicted molar refractivity (Wildman–Crippen MR) is 62.4 cm³/mol. The third-order valence-electron chi connectivity index (χ3n) is 3.07. The third kappa shape index (κ3) is 3.03. The first kappa shape index (κ1) is 12.0. The number of amides is 1. The zero-order chi connectivity index (χ0) is 12.3. The Hall–Kier alpha value is -1.43. The summed E-state index contributed by atoms with van der Waals surface area (Å²) in [5, 5.41) is 11.7. The second-order valence-electron chi connectivity index (χ2n) is 4.23. The highest BCUT2D eigenvalue weighted by Gasteiger charge is 2.33. The minimum Gasteiger partial charge on any atom is -0.481 e. The first-order valence-electron chi connectivity index (χ1n) is 5.54. The molecule has 92 valence electrons. The standard InChI is InChI=1S/C11H14N2O3S/c14-10(13-5-9-4-12-6-17-9)7-1-2-8(3-7)11(15)16/h4,6-8H,1-3,5H2,(H,13,14)(H,15,16)/t7-,8+/m1/s1. The lowest BCUT2D eigenvalue weighted by atomic mass is 10.0. The van der Waals surface area contributed by atoms with Crippen LogP contribution in [-0.4, -0.2) is 22.0 Å². The number of hydrogen-bond acceptors (Lipinski definition) is 4. The van der Waals surface area contributed by atoms with Crippen LogP contribution in [-0.2, 0) is 16.1 Å². The summed E-state index contributed by atoms with van der Waals surface area (Å²) in [7, 11) is 0. The Kier molecular flexibility index (Phi) is 3.73. The fourth-order valence-corrected chi connectivity index (χ4v) is 2.63. The number of rotatable bonds is 4. The topological polar surface area (TPSA) is 79.3 Å². The van der Waals surface area contributed by atoms with Crippen LogP contribution in [0.4, 0.5) is 0 Å². The molecule has 1 aliphatic rings. The number of thiazole rings is 1. The Morgan fingerprint density at radius 3 is 2.82 bits per heavy atom. The molecule has 17 heavy (non-hydrogen) atoms. The van der Waals surface area contributed by atoms with Crippen molar-refractivity contribution in [1.82, 2.24) is 10.3 Å². The number of nitrogens with one attached hydrogen (secondary N) is 1. The molecular formula is C11H14N2O3S. The van der Waals surface area contributed by atoms with Crippen LogP contribution in [0, 0.1) is 11.8 Å². The first-order valence-corrected chi connectivity index (χ1v) is 6.42. The Morgan fingerprint density at radius 1 is 1.47 bits per heavy atom. The Balaban J connectivity index is 1.79. The van der Waals surface area contributed by atoms with Crippen molar-refractivity contribution < 1.29 is 14.7 Å². The highest BCUT2D eigenvalue weighted by atomic mass is 32.1. The van der Waals surface area contributed by atoms with Crippen molar-refractivity contribution in [2.45, 2.75) is 25.8 Å².